The van der Waals surface area contributed by atoms with Crippen LogP contribution in [0.2, 0.25) is 0 Å². The molecule has 0 saturated carbocycles. The van der Waals surface area contributed by atoms with Gasteiger partial charge in [0.05, 0.1) is 132 Å². The molecular weight excluding hydrogens is 538 g/mol. The van der Waals surface area contributed by atoms with Crippen LogP contribution in [0.1, 0.15) is 0 Å². The number of rotatable bonds is 34. The van der Waals surface area contributed by atoms with E-state index in [2.05, 4.69) is 5.32 Å². The van der Waals surface area contributed by atoms with Crippen molar-refractivity contribution in [1.29, 1.82) is 0 Å². The van der Waals surface area contributed by atoms with Crippen molar-refractivity contribution >= 4 is 0 Å². The van der Waals surface area contributed by atoms with Crippen molar-refractivity contribution < 1.29 is 52.1 Å². The molecule has 12 nitrogen and oxygen atoms in total. The van der Waals surface area contributed by atoms with Crippen LogP contribution in [0.25, 0.3) is 0 Å². The Morgan fingerprint density at radius 3 is 0.927 bits per heavy atom. The molecule has 0 bridgehead atoms. The molecule has 41 heavy (non-hydrogen) atoms. The maximum Gasteiger partial charge on any atom is 0.119 e. The van der Waals surface area contributed by atoms with Crippen molar-refractivity contribution in [3.63, 3.8) is 0 Å². The highest BCUT2D eigenvalue weighted by Gasteiger charge is 1.96. The van der Waals surface area contributed by atoms with Crippen molar-refractivity contribution in [3.05, 3.63) is 30.3 Å². The van der Waals surface area contributed by atoms with Gasteiger partial charge in [-0.15, -0.1) is 0 Å². The van der Waals surface area contributed by atoms with Gasteiger partial charge in [-0.25, -0.2) is 0 Å². The molecule has 0 aliphatic heterocycles. The van der Waals surface area contributed by atoms with Crippen molar-refractivity contribution in [1.82, 2.24) is 5.32 Å². The molecular formula is C29H53NO11. The number of para-hydroxylation sites is 1. The second kappa shape index (κ2) is 33.1. The van der Waals surface area contributed by atoms with Gasteiger partial charge in [0.25, 0.3) is 0 Å². The van der Waals surface area contributed by atoms with Crippen LogP contribution in [-0.2, 0) is 47.4 Å². The predicted molar refractivity (Wildman–Crippen MR) is 154 cm³/mol. The van der Waals surface area contributed by atoms with Crippen LogP contribution in [0.4, 0.5) is 0 Å². The predicted octanol–water partition coefficient (Wildman–Crippen LogP) is 1.45. The van der Waals surface area contributed by atoms with E-state index in [0.717, 1.165) is 12.3 Å². The van der Waals surface area contributed by atoms with Crippen molar-refractivity contribution in [2.75, 3.05) is 152 Å². The van der Waals surface area contributed by atoms with E-state index in [1.54, 1.807) is 0 Å². The van der Waals surface area contributed by atoms with Gasteiger partial charge in [0.1, 0.15) is 12.4 Å². The first kappa shape index (κ1) is 37.6. The van der Waals surface area contributed by atoms with E-state index in [-0.39, 0.29) is 0 Å². The van der Waals surface area contributed by atoms with Crippen LogP contribution in [-0.4, -0.2) is 152 Å². The van der Waals surface area contributed by atoms with Gasteiger partial charge < -0.3 is 57.4 Å². The van der Waals surface area contributed by atoms with Crippen molar-refractivity contribution in [2.45, 2.75) is 0 Å². The number of benzene rings is 1. The molecule has 0 atom stereocenters. The minimum Gasteiger partial charge on any atom is -0.491 e. The van der Waals surface area contributed by atoms with E-state index in [0.29, 0.717) is 139 Å². The Hall–Kier alpha value is -1.42. The molecule has 0 aliphatic carbocycles. The van der Waals surface area contributed by atoms with Gasteiger partial charge in [-0.05, 0) is 19.2 Å². The summed E-state index contributed by atoms with van der Waals surface area (Å²) in [5.74, 6) is 0.846. The zero-order chi connectivity index (χ0) is 29.2. The fourth-order valence-electron chi connectivity index (χ4n) is 2.99. The maximum atomic E-state index is 5.55. The highest BCUT2D eigenvalue weighted by molar-refractivity contribution is 5.20. The molecule has 0 fully saturated rings. The lowest BCUT2D eigenvalue weighted by atomic mass is 10.3. The van der Waals surface area contributed by atoms with Gasteiger partial charge in [0.15, 0.2) is 0 Å². The Bertz CT molecular complexity index is 616. The highest BCUT2D eigenvalue weighted by Crippen LogP contribution is 2.07. The summed E-state index contributed by atoms with van der Waals surface area (Å²) in [4.78, 5) is 0. The minimum atomic E-state index is 0.518. The summed E-state index contributed by atoms with van der Waals surface area (Å²) in [7, 11) is 1.90. The molecule has 0 unspecified atom stereocenters. The Labute approximate surface area is 246 Å². The van der Waals surface area contributed by atoms with E-state index in [1.165, 1.54) is 0 Å². The van der Waals surface area contributed by atoms with E-state index in [9.17, 15) is 0 Å². The van der Waals surface area contributed by atoms with E-state index >= 15 is 0 Å². The third kappa shape index (κ3) is 29.9. The zero-order valence-electron chi connectivity index (χ0n) is 24.9. The molecule has 0 amide bonds. The van der Waals surface area contributed by atoms with Gasteiger partial charge in [0.2, 0.25) is 0 Å². The first-order valence-electron chi connectivity index (χ1n) is 14.5. The Balaban J connectivity index is 1.61. The van der Waals surface area contributed by atoms with Crippen LogP contribution in [0.15, 0.2) is 30.3 Å². The molecule has 240 valence electrons. The average Bonchev–Trinajstić information content (AvgIpc) is 3.00. The summed E-state index contributed by atoms with van der Waals surface area (Å²) < 4.78 is 60.0. The Kier molecular flexibility index (Phi) is 30.3. The molecule has 1 rings (SSSR count). The number of hydrogen-bond donors (Lipinski definition) is 1. The third-order valence-electron chi connectivity index (χ3n) is 5.08. The molecule has 0 heterocycles. The molecule has 12 heteroatoms. The van der Waals surface area contributed by atoms with E-state index in [1.807, 2.05) is 37.4 Å². The fraction of sp³-hybridized carbons (Fsp3) is 0.793. The van der Waals surface area contributed by atoms with Gasteiger partial charge in [-0.2, -0.15) is 0 Å². The summed E-state index contributed by atoms with van der Waals surface area (Å²) in [6, 6.07) is 9.68. The SMILES string of the molecule is CNCCOCCOCCOCCOCCOCCOCCOCCOCCOCCOCCOc1ccccc1. The molecule has 1 aromatic rings. The topological polar surface area (TPSA) is 114 Å². The lowest BCUT2D eigenvalue weighted by Crippen LogP contribution is -2.17. The molecule has 0 aliphatic rings. The summed E-state index contributed by atoms with van der Waals surface area (Å²) in [5.41, 5.74) is 0. The third-order valence-corrected chi connectivity index (χ3v) is 5.08. The Morgan fingerprint density at radius 2 is 0.634 bits per heavy atom. The summed E-state index contributed by atoms with van der Waals surface area (Å²) in [5, 5.41) is 3.02. The normalized spacial score (nSPS) is 11.3. The van der Waals surface area contributed by atoms with Gasteiger partial charge in [-0.1, -0.05) is 18.2 Å². The van der Waals surface area contributed by atoms with Crippen LogP contribution in [0.5, 0.6) is 5.75 Å². The van der Waals surface area contributed by atoms with Crippen molar-refractivity contribution in [2.24, 2.45) is 0 Å². The zero-order valence-corrected chi connectivity index (χ0v) is 24.9. The molecule has 0 saturated heterocycles. The van der Waals surface area contributed by atoms with Gasteiger partial charge >= 0.3 is 0 Å². The first-order chi connectivity index (χ1) is 20.4. The number of nitrogens with one attached hydrogen (secondary N) is 1. The second-order valence-electron chi connectivity index (χ2n) is 8.39. The summed E-state index contributed by atoms with van der Waals surface area (Å²) in [6.45, 7) is 12.2. The second-order valence-corrected chi connectivity index (χ2v) is 8.39. The van der Waals surface area contributed by atoms with Crippen LogP contribution >= 0.6 is 0 Å². The monoisotopic (exact) mass is 591 g/mol. The average molecular weight is 592 g/mol. The number of ether oxygens (including phenoxy) is 11. The van der Waals surface area contributed by atoms with E-state index in [4.69, 9.17) is 52.1 Å². The maximum absolute atomic E-state index is 5.55. The lowest BCUT2D eigenvalue weighted by molar-refractivity contribution is -0.0266. The van der Waals surface area contributed by atoms with Crippen LogP contribution in [0, 0.1) is 0 Å². The summed E-state index contributed by atoms with van der Waals surface area (Å²) in [6.07, 6.45) is 0. The van der Waals surface area contributed by atoms with Crippen molar-refractivity contribution in [3.8, 4) is 5.75 Å². The fourth-order valence-corrected chi connectivity index (χ4v) is 2.99. The molecule has 0 spiro atoms. The van der Waals surface area contributed by atoms with Gasteiger partial charge in [-0.3, -0.25) is 0 Å². The quantitative estimate of drug-likeness (QED) is 0.117. The Morgan fingerprint density at radius 1 is 0.366 bits per heavy atom. The standard InChI is InChI=1S/C29H53NO11/c1-30-7-8-31-9-10-32-11-12-33-13-14-34-15-16-35-17-18-36-19-20-37-21-22-38-23-24-39-25-26-40-27-28-41-29-5-3-2-4-6-29/h2-6,30H,7-28H2,1H3. The summed E-state index contributed by atoms with van der Waals surface area (Å²) >= 11 is 0. The minimum absolute atomic E-state index is 0.518. The molecule has 0 radical (unpaired) electrons. The molecule has 1 N–H and O–H groups in total. The first-order valence-corrected chi connectivity index (χ1v) is 14.5. The number of hydrogen-bond acceptors (Lipinski definition) is 12. The molecule has 0 aromatic heterocycles. The lowest BCUT2D eigenvalue weighted by Gasteiger charge is -2.09. The van der Waals surface area contributed by atoms with Crippen LogP contribution < -0.4 is 10.1 Å². The van der Waals surface area contributed by atoms with Gasteiger partial charge in [0, 0.05) is 6.54 Å². The van der Waals surface area contributed by atoms with Crippen LogP contribution in [0.3, 0.4) is 0 Å². The number of likely N-dealkylation sites (N-methyl/N-ethyl adjacent to an activating group) is 1. The smallest absolute Gasteiger partial charge is 0.119 e. The van der Waals surface area contributed by atoms with E-state index < -0.39 is 0 Å². The molecule has 1 aromatic carbocycles. The highest BCUT2D eigenvalue weighted by atomic mass is 16.6. The largest absolute Gasteiger partial charge is 0.491 e.